The smallest absolute Gasteiger partial charge is 0.350 e. The molecule has 4 rings (SSSR count). The number of aromatic nitrogens is 7. The molecule has 0 amide bonds. The molecular formula is C17H17N7O2S. The summed E-state index contributed by atoms with van der Waals surface area (Å²) in [5.41, 5.74) is 1.56. The zero-order valence-electron chi connectivity index (χ0n) is 14.6. The monoisotopic (exact) mass is 383 g/mol. The standard InChI is InChI=1S/C17H17N7O2S/c1-26-14-7-5-13(6-8-14)12-24-16(18-20-21-24)27-11-10-23-17(25)22-9-3-2-4-15(22)19-23/h2-9H,10-12H2,1H3. The minimum absolute atomic E-state index is 0.149. The predicted molar refractivity (Wildman–Crippen MR) is 100 cm³/mol. The molecule has 9 nitrogen and oxygen atoms in total. The fourth-order valence-electron chi connectivity index (χ4n) is 2.64. The maximum absolute atomic E-state index is 12.3. The molecule has 3 heterocycles. The van der Waals surface area contributed by atoms with Crippen LogP contribution in [0.4, 0.5) is 0 Å². The van der Waals surface area contributed by atoms with Crippen LogP contribution in [0.25, 0.3) is 5.65 Å². The lowest BCUT2D eigenvalue weighted by Gasteiger charge is -2.05. The Morgan fingerprint density at radius 3 is 2.74 bits per heavy atom. The van der Waals surface area contributed by atoms with Crippen molar-refractivity contribution in [2.24, 2.45) is 0 Å². The van der Waals surface area contributed by atoms with Crippen molar-refractivity contribution in [2.75, 3.05) is 12.9 Å². The second kappa shape index (κ2) is 7.62. The van der Waals surface area contributed by atoms with Crippen LogP contribution in [0.1, 0.15) is 5.56 Å². The maximum atomic E-state index is 12.3. The summed E-state index contributed by atoms with van der Waals surface area (Å²) in [5.74, 6) is 1.44. The van der Waals surface area contributed by atoms with Crippen LogP contribution < -0.4 is 10.4 Å². The number of thioether (sulfide) groups is 1. The van der Waals surface area contributed by atoms with Gasteiger partial charge < -0.3 is 4.74 Å². The number of tetrazole rings is 1. The number of methoxy groups -OCH3 is 1. The molecule has 0 aliphatic rings. The highest BCUT2D eigenvalue weighted by molar-refractivity contribution is 7.99. The third-order valence-corrected chi connectivity index (χ3v) is 4.95. The molecule has 4 aromatic rings. The summed E-state index contributed by atoms with van der Waals surface area (Å²) in [7, 11) is 1.64. The summed E-state index contributed by atoms with van der Waals surface area (Å²) >= 11 is 1.49. The van der Waals surface area contributed by atoms with Crippen LogP contribution in [-0.2, 0) is 13.1 Å². The van der Waals surface area contributed by atoms with E-state index in [-0.39, 0.29) is 5.69 Å². The van der Waals surface area contributed by atoms with E-state index >= 15 is 0 Å². The summed E-state index contributed by atoms with van der Waals surface area (Å²) in [6.07, 6.45) is 1.71. The highest BCUT2D eigenvalue weighted by Crippen LogP contribution is 2.17. The van der Waals surface area contributed by atoms with E-state index in [0.29, 0.717) is 29.6 Å². The van der Waals surface area contributed by atoms with Gasteiger partial charge in [-0.15, -0.1) is 10.2 Å². The van der Waals surface area contributed by atoms with Gasteiger partial charge in [0.1, 0.15) is 5.75 Å². The Morgan fingerprint density at radius 2 is 1.96 bits per heavy atom. The first kappa shape index (κ1) is 17.3. The van der Waals surface area contributed by atoms with Crippen LogP contribution in [0.15, 0.2) is 58.6 Å². The molecular weight excluding hydrogens is 366 g/mol. The molecule has 0 radical (unpaired) electrons. The summed E-state index contributed by atoms with van der Waals surface area (Å²) < 4.78 is 9.89. The zero-order valence-corrected chi connectivity index (χ0v) is 15.4. The van der Waals surface area contributed by atoms with Gasteiger partial charge in [-0.05, 0) is 40.3 Å². The molecule has 0 saturated carbocycles. The van der Waals surface area contributed by atoms with Gasteiger partial charge in [0.2, 0.25) is 5.16 Å². The van der Waals surface area contributed by atoms with E-state index in [1.807, 2.05) is 36.4 Å². The van der Waals surface area contributed by atoms with E-state index in [4.69, 9.17) is 4.74 Å². The van der Waals surface area contributed by atoms with Gasteiger partial charge in [-0.1, -0.05) is 30.0 Å². The van der Waals surface area contributed by atoms with E-state index in [9.17, 15) is 4.79 Å². The Morgan fingerprint density at radius 1 is 1.11 bits per heavy atom. The molecule has 0 aliphatic heterocycles. The van der Waals surface area contributed by atoms with Gasteiger partial charge in [0.25, 0.3) is 0 Å². The number of hydrogen-bond donors (Lipinski definition) is 0. The van der Waals surface area contributed by atoms with Gasteiger partial charge in [0, 0.05) is 11.9 Å². The minimum atomic E-state index is -0.149. The van der Waals surface area contributed by atoms with Crippen LogP contribution in [0, 0.1) is 0 Å². The van der Waals surface area contributed by atoms with Crippen molar-refractivity contribution in [3.63, 3.8) is 0 Å². The van der Waals surface area contributed by atoms with Crippen molar-refractivity contribution in [1.29, 1.82) is 0 Å². The fourth-order valence-corrected chi connectivity index (χ4v) is 3.43. The number of aryl methyl sites for hydroxylation is 1. The van der Waals surface area contributed by atoms with Crippen LogP contribution in [0.5, 0.6) is 5.75 Å². The number of nitrogens with zero attached hydrogens (tertiary/aromatic N) is 7. The Kier molecular flexibility index (Phi) is 4.88. The van der Waals surface area contributed by atoms with Crippen molar-refractivity contribution in [2.45, 2.75) is 18.2 Å². The summed E-state index contributed by atoms with van der Waals surface area (Å²) in [5, 5.41) is 16.9. The van der Waals surface area contributed by atoms with Gasteiger partial charge in [-0.25, -0.2) is 14.2 Å². The van der Waals surface area contributed by atoms with Crippen molar-refractivity contribution in [3.8, 4) is 5.75 Å². The first-order chi connectivity index (χ1) is 13.2. The number of rotatable bonds is 7. The second-order valence-corrected chi connectivity index (χ2v) is 6.81. The molecule has 0 unspecified atom stereocenters. The van der Waals surface area contributed by atoms with Crippen LogP contribution in [0.2, 0.25) is 0 Å². The molecule has 3 aromatic heterocycles. The molecule has 0 N–H and O–H groups in total. The quantitative estimate of drug-likeness (QED) is 0.445. The summed E-state index contributed by atoms with van der Waals surface area (Å²) in [6, 6.07) is 13.2. The molecule has 10 heteroatoms. The lowest BCUT2D eigenvalue weighted by atomic mass is 10.2. The predicted octanol–water partition coefficient (Wildman–Crippen LogP) is 1.33. The largest absolute Gasteiger partial charge is 0.497 e. The Bertz CT molecular complexity index is 1100. The summed E-state index contributed by atoms with van der Waals surface area (Å²) in [4.78, 5) is 12.3. The lowest BCUT2D eigenvalue weighted by molar-refractivity contribution is 0.414. The topological polar surface area (TPSA) is 92.1 Å². The third kappa shape index (κ3) is 3.70. The number of ether oxygens (including phenoxy) is 1. The normalized spacial score (nSPS) is 11.1. The first-order valence-corrected chi connectivity index (χ1v) is 9.29. The lowest BCUT2D eigenvalue weighted by Crippen LogP contribution is -2.22. The number of benzene rings is 1. The van der Waals surface area contributed by atoms with Crippen molar-refractivity contribution >= 4 is 17.4 Å². The molecule has 27 heavy (non-hydrogen) atoms. The van der Waals surface area contributed by atoms with E-state index in [0.717, 1.165) is 11.3 Å². The highest BCUT2D eigenvalue weighted by atomic mass is 32.2. The number of hydrogen-bond acceptors (Lipinski definition) is 7. The molecule has 1 aromatic carbocycles. The number of pyridine rings is 1. The van der Waals surface area contributed by atoms with E-state index in [2.05, 4.69) is 20.6 Å². The molecule has 0 atom stereocenters. The second-order valence-electron chi connectivity index (χ2n) is 5.75. The van der Waals surface area contributed by atoms with E-state index in [1.165, 1.54) is 20.8 Å². The van der Waals surface area contributed by atoms with E-state index < -0.39 is 0 Å². The zero-order chi connectivity index (χ0) is 18.6. The first-order valence-electron chi connectivity index (χ1n) is 8.31. The third-order valence-electron chi connectivity index (χ3n) is 4.01. The summed E-state index contributed by atoms with van der Waals surface area (Å²) in [6.45, 7) is 1.04. The van der Waals surface area contributed by atoms with E-state index in [1.54, 1.807) is 24.1 Å². The molecule has 0 fully saturated rings. The highest BCUT2D eigenvalue weighted by Gasteiger charge is 2.10. The SMILES string of the molecule is COc1ccc(Cn2nnnc2SCCn2nc3ccccn3c2=O)cc1. The molecule has 0 saturated heterocycles. The Hall–Kier alpha value is -3.14. The average Bonchev–Trinajstić information content (AvgIpc) is 3.27. The van der Waals surface area contributed by atoms with Crippen molar-refractivity contribution in [1.82, 2.24) is 34.4 Å². The van der Waals surface area contributed by atoms with Gasteiger partial charge in [-0.3, -0.25) is 4.40 Å². The van der Waals surface area contributed by atoms with Crippen molar-refractivity contribution in [3.05, 3.63) is 64.7 Å². The number of fused-ring (bicyclic) bond motifs is 1. The average molecular weight is 383 g/mol. The Balaban J connectivity index is 1.41. The Labute approximate surface area is 158 Å². The minimum Gasteiger partial charge on any atom is -0.497 e. The molecule has 0 spiro atoms. The molecule has 138 valence electrons. The maximum Gasteiger partial charge on any atom is 0.350 e. The van der Waals surface area contributed by atoms with Gasteiger partial charge in [-0.2, -0.15) is 0 Å². The molecule has 0 bridgehead atoms. The fraction of sp³-hybridized carbons (Fsp3) is 0.235. The molecule has 0 aliphatic carbocycles. The van der Waals surface area contributed by atoms with Crippen LogP contribution >= 0.6 is 11.8 Å². The van der Waals surface area contributed by atoms with Crippen LogP contribution in [0.3, 0.4) is 0 Å². The van der Waals surface area contributed by atoms with Gasteiger partial charge in [0.05, 0.1) is 20.2 Å². The van der Waals surface area contributed by atoms with Crippen molar-refractivity contribution < 1.29 is 4.74 Å². The van der Waals surface area contributed by atoms with Gasteiger partial charge in [0.15, 0.2) is 5.65 Å². The van der Waals surface area contributed by atoms with Gasteiger partial charge >= 0.3 is 5.69 Å². The van der Waals surface area contributed by atoms with Crippen LogP contribution in [-0.4, -0.2) is 47.3 Å².